The fourth-order valence-corrected chi connectivity index (χ4v) is 1.30. The standard InChI is InChI=1S/C13H17FN4O2.HI/c1-18(2,3)16-9-8-15-17-11-7-5-6-10(14)12(11)13(19)20-4;/h5-9H,1-4H3;1H. The Hall–Kier alpha value is -1.55. The Morgan fingerprint density at radius 2 is 2.00 bits per heavy atom. The van der Waals surface area contributed by atoms with E-state index in [9.17, 15) is 9.18 Å². The molecule has 21 heavy (non-hydrogen) atoms. The first-order chi connectivity index (χ1) is 9.35. The average Bonchev–Trinajstić information content (AvgIpc) is 2.36. The second-order valence-corrected chi connectivity index (χ2v) is 4.75. The van der Waals surface area contributed by atoms with Crippen LogP contribution in [0.5, 0.6) is 0 Å². The van der Waals surface area contributed by atoms with Crippen molar-refractivity contribution in [3.8, 4) is 0 Å². The van der Waals surface area contributed by atoms with Crippen LogP contribution in [-0.2, 0) is 4.74 Å². The molecule has 0 unspecified atom stereocenters. The van der Waals surface area contributed by atoms with Gasteiger partial charge in [-0.2, -0.15) is 5.10 Å². The van der Waals surface area contributed by atoms with E-state index >= 15 is 0 Å². The van der Waals surface area contributed by atoms with Crippen LogP contribution in [0.2, 0.25) is 0 Å². The molecule has 0 amide bonds. The third-order valence-corrected chi connectivity index (χ3v) is 2.14. The molecule has 0 radical (unpaired) electrons. The van der Waals surface area contributed by atoms with Crippen LogP contribution in [0, 0.1) is 5.82 Å². The Morgan fingerprint density at radius 3 is 2.57 bits per heavy atom. The minimum absolute atomic E-state index is 0. The van der Waals surface area contributed by atoms with Gasteiger partial charge in [0, 0.05) is 0 Å². The zero-order valence-corrected chi connectivity index (χ0v) is 14.5. The number of rotatable bonds is 5. The summed E-state index contributed by atoms with van der Waals surface area (Å²) in [7, 11) is 6.86. The molecular weight excluding hydrogens is 390 g/mol. The largest absolute Gasteiger partial charge is 1.00 e. The van der Waals surface area contributed by atoms with Gasteiger partial charge in [-0.1, -0.05) is 11.2 Å². The molecule has 0 bridgehead atoms. The second kappa shape index (κ2) is 8.67. The molecule has 1 aromatic rings. The number of hydrogen-bond acceptors (Lipinski definition) is 5. The molecule has 0 saturated heterocycles. The maximum Gasteiger partial charge on any atom is 0.343 e. The maximum atomic E-state index is 13.6. The van der Waals surface area contributed by atoms with Gasteiger partial charge in [-0.15, -0.1) is 0 Å². The number of methoxy groups -OCH3 is 1. The summed E-state index contributed by atoms with van der Waals surface area (Å²) in [5, 5.41) is 7.99. The lowest BCUT2D eigenvalue weighted by Gasteiger charge is -2.13. The van der Waals surface area contributed by atoms with Gasteiger partial charge in [0.25, 0.3) is 0 Å². The van der Waals surface area contributed by atoms with Crippen LogP contribution in [-0.4, -0.2) is 51.2 Å². The Kier molecular flexibility index (Phi) is 8.03. The number of nitrogens with zero attached hydrogens (tertiary/aromatic N) is 3. The smallest absolute Gasteiger partial charge is 0.343 e. The number of hydrogen-bond donors (Lipinski definition) is 1. The van der Waals surface area contributed by atoms with E-state index in [0.29, 0.717) is 4.59 Å². The van der Waals surface area contributed by atoms with Gasteiger partial charge in [0.1, 0.15) is 17.6 Å². The number of anilines is 1. The molecule has 0 spiro atoms. The number of nitrogens with one attached hydrogen (secondary N) is 1. The molecule has 0 fully saturated rings. The second-order valence-electron chi connectivity index (χ2n) is 4.75. The average molecular weight is 408 g/mol. The van der Waals surface area contributed by atoms with Gasteiger partial charge >= 0.3 is 5.97 Å². The van der Waals surface area contributed by atoms with Crippen molar-refractivity contribution in [2.45, 2.75) is 0 Å². The molecule has 1 aromatic carbocycles. The number of halogens is 2. The Labute approximate surface area is 140 Å². The molecule has 0 heterocycles. The zero-order valence-electron chi connectivity index (χ0n) is 12.3. The number of carbonyl (C=O) groups is 1. The first kappa shape index (κ1) is 19.4. The lowest BCUT2D eigenvalue weighted by atomic mass is 10.1. The molecule has 1 N–H and O–H groups in total. The van der Waals surface area contributed by atoms with Crippen LogP contribution < -0.4 is 29.4 Å². The summed E-state index contributed by atoms with van der Waals surface area (Å²) in [6, 6.07) is 4.18. The summed E-state index contributed by atoms with van der Waals surface area (Å²) < 4.78 is 18.5. The van der Waals surface area contributed by atoms with Crippen molar-refractivity contribution in [2.75, 3.05) is 33.7 Å². The van der Waals surface area contributed by atoms with E-state index in [1.807, 2.05) is 21.1 Å². The summed E-state index contributed by atoms with van der Waals surface area (Å²) in [6.07, 6.45) is 2.92. The fraction of sp³-hybridized carbons (Fsp3) is 0.308. The van der Waals surface area contributed by atoms with Crippen molar-refractivity contribution < 1.29 is 42.5 Å². The van der Waals surface area contributed by atoms with E-state index in [0.717, 1.165) is 0 Å². The van der Waals surface area contributed by atoms with Gasteiger partial charge in [-0.25, -0.2) is 13.8 Å². The van der Waals surface area contributed by atoms with Gasteiger partial charge in [0.15, 0.2) is 0 Å². The number of benzene rings is 1. The molecule has 0 saturated carbocycles. The van der Waals surface area contributed by atoms with E-state index in [2.05, 4.69) is 20.4 Å². The summed E-state index contributed by atoms with van der Waals surface area (Å²) in [6.45, 7) is 0. The predicted octanol–water partition coefficient (Wildman–Crippen LogP) is -1.29. The van der Waals surface area contributed by atoms with Crippen molar-refractivity contribution >= 4 is 24.1 Å². The van der Waals surface area contributed by atoms with Crippen molar-refractivity contribution in [2.24, 2.45) is 10.2 Å². The van der Waals surface area contributed by atoms with Gasteiger partial charge in [-0.3, -0.25) is 5.43 Å². The minimum Gasteiger partial charge on any atom is -1.00 e. The molecule has 0 aliphatic heterocycles. The molecular formula is C13H18FIN4O2. The number of carbonyl (C=O) groups excluding carboxylic acids is 1. The highest BCUT2D eigenvalue weighted by molar-refractivity contribution is 6.16. The van der Waals surface area contributed by atoms with Crippen molar-refractivity contribution in [3.63, 3.8) is 0 Å². The van der Waals surface area contributed by atoms with Crippen LogP contribution in [0.3, 0.4) is 0 Å². The number of hydrazone groups is 1. The third-order valence-electron chi connectivity index (χ3n) is 2.14. The zero-order chi connectivity index (χ0) is 15.2. The van der Waals surface area contributed by atoms with Crippen LogP contribution in [0.1, 0.15) is 10.4 Å². The first-order valence-corrected chi connectivity index (χ1v) is 5.86. The number of esters is 1. The Balaban J connectivity index is 0.00000400. The van der Waals surface area contributed by atoms with Gasteiger partial charge in [0.05, 0.1) is 40.2 Å². The van der Waals surface area contributed by atoms with E-state index in [-0.39, 0.29) is 35.2 Å². The third kappa shape index (κ3) is 6.63. The monoisotopic (exact) mass is 408 g/mol. The SMILES string of the molecule is COC(=O)c1c(F)cccc1N/N=C/C=N/[N+](C)(C)C.[I-]. The molecule has 0 aliphatic rings. The Morgan fingerprint density at radius 1 is 1.33 bits per heavy atom. The predicted molar refractivity (Wildman–Crippen MR) is 76.4 cm³/mol. The molecule has 116 valence electrons. The number of ether oxygens (including phenoxy) is 1. The number of quaternary nitrogens is 1. The molecule has 8 heteroatoms. The fourth-order valence-electron chi connectivity index (χ4n) is 1.30. The van der Waals surface area contributed by atoms with E-state index in [1.54, 1.807) is 0 Å². The van der Waals surface area contributed by atoms with Crippen LogP contribution in [0.15, 0.2) is 28.4 Å². The summed E-state index contributed by atoms with van der Waals surface area (Å²) in [5.74, 6) is -1.43. The van der Waals surface area contributed by atoms with Crippen LogP contribution >= 0.6 is 0 Å². The molecule has 0 aromatic heterocycles. The highest BCUT2D eigenvalue weighted by atomic mass is 127. The normalized spacial score (nSPS) is 11.5. The summed E-state index contributed by atoms with van der Waals surface area (Å²) >= 11 is 0. The van der Waals surface area contributed by atoms with Crippen molar-refractivity contribution in [3.05, 3.63) is 29.6 Å². The summed E-state index contributed by atoms with van der Waals surface area (Å²) in [5.41, 5.74) is 2.63. The van der Waals surface area contributed by atoms with Crippen molar-refractivity contribution in [1.82, 2.24) is 0 Å². The highest BCUT2D eigenvalue weighted by Gasteiger charge is 2.16. The van der Waals surface area contributed by atoms with Gasteiger partial charge in [0.2, 0.25) is 0 Å². The van der Waals surface area contributed by atoms with E-state index in [4.69, 9.17) is 0 Å². The lowest BCUT2D eigenvalue weighted by Crippen LogP contribution is -3.00. The molecule has 0 aliphatic carbocycles. The van der Waals surface area contributed by atoms with Crippen LogP contribution in [0.4, 0.5) is 10.1 Å². The molecule has 0 atom stereocenters. The molecule has 6 nitrogen and oxygen atoms in total. The summed E-state index contributed by atoms with van der Waals surface area (Å²) in [4.78, 5) is 11.5. The first-order valence-electron chi connectivity index (χ1n) is 5.86. The lowest BCUT2D eigenvalue weighted by molar-refractivity contribution is -0.876. The highest BCUT2D eigenvalue weighted by Crippen LogP contribution is 2.19. The quantitative estimate of drug-likeness (QED) is 0.217. The molecule has 1 rings (SSSR count). The van der Waals surface area contributed by atoms with E-state index in [1.165, 1.54) is 37.7 Å². The van der Waals surface area contributed by atoms with Crippen molar-refractivity contribution in [1.29, 1.82) is 0 Å². The topological polar surface area (TPSA) is 63.0 Å². The van der Waals surface area contributed by atoms with Crippen LogP contribution in [0.25, 0.3) is 0 Å². The van der Waals surface area contributed by atoms with Gasteiger partial charge < -0.3 is 28.7 Å². The Bertz CT molecular complexity index is 541. The van der Waals surface area contributed by atoms with Gasteiger partial charge in [-0.05, 0) is 12.1 Å². The van der Waals surface area contributed by atoms with E-state index < -0.39 is 11.8 Å². The maximum absolute atomic E-state index is 13.6. The minimum atomic E-state index is -0.763.